The van der Waals surface area contributed by atoms with Crippen LogP contribution in [0.1, 0.15) is 50.3 Å². The molecular formula is C24H26O6. The van der Waals surface area contributed by atoms with Crippen molar-refractivity contribution >= 4 is 18.0 Å². The molecule has 2 aromatic carbocycles. The van der Waals surface area contributed by atoms with Crippen molar-refractivity contribution in [3.63, 3.8) is 0 Å². The van der Waals surface area contributed by atoms with Crippen LogP contribution in [0, 0.1) is 0 Å². The highest BCUT2D eigenvalue weighted by atomic mass is 16.7. The average molecular weight is 410 g/mol. The number of benzene rings is 2. The average Bonchev–Trinajstić information content (AvgIpc) is 2.69. The Labute approximate surface area is 176 Å². The molecule has 6 heteroatoms. The van der Waals surface area contributed by atoms with Crippen LogP contribution in [0.4, 0.5) is 0 Å². The van der Waals surface area contributed by atoms with Crippen LogP contribution >= 0.6 is 0 Å². The summed E-state index contributed by atoms with van der Waals surface area (Å²) in [7, 11) is 1.58. The molecule has 0 amide bonds. The first-order valence-corrected chi connectivity index (χ1v) is 9.76. The van der Waals surface area contributed by atoms with E-state index in [1.165, 1.54) is 25.5 Å². The van der Waals surface area contributed by atoms with Gasteiger partial charge in [0, 0.05) is 19.4 Å². The van der Waals surface area contributed by atoms with Crippen molar-refractivity contribution in [2.45, 2.75) is 46.0 Å². The van der Waals surface area contributed by atoms with Crippen LogP contribution in [-0.2, 0) is 25.7 Å². The van der Waals surface area contributed by atoms with E-state index in [-0.39, 0.29) is 12.2 Å². The molecule has 0 spiro atoms. The number of hydrogen-bond donors (Lipinski definition) is 0. The number of carbonyl (C=O) groups excluding carboxylic acids is 2. The maximum absolute atomic E-state index is 12.2. The van der Waals surface area contributed by atoms with E-state index in [0.717, 1.165) is 11.3 Å². The highest BCUT2D eigenvalue weighted by molar-refractivity contribution is 6.18. The van der Waals surface area contributed by atoms with Gasteiger partial charge in [0.25, 0.3) is 5.79 Å². The summed E-state index contributed by atoms with van der Waals surface area (Å²) in [5.74, 6) is -0.856. The molecule has 1 aliphatic rings. The molecule has 0 radical (unpaired) electrons. The van der Waals surface area contributed by atoms with Gasteiger partial charge in [0.1, 0.15) is 23.7 Å². The van der Waals surface area contributed by atoms with Crippen molar-refractivity contribution in [2.75, 3.05) is 7.11 Å². The molecule has 0 aliphatic carbocycles. The normalized spacial score (nSPS) is 15.5. The minimum Gasteiger partial charge on any atom is -0.496 e. The molecule has 0 bridgehead atoms. The Morgan fingerprint density at radius 2 is 1.63 bits per heavy atom. The van der Waals surface area contributed by atoms with Gasteiger partial charge in [0.05, 0.1) is 7.11 Å². The van der Waals surface area contributed by atoms with Gasteiger partial charge in [-0.15, -0.1) is 0 Å². The van der Waals surface area contributed by atoms with E-state index in [1.807, 2.05) is 24.3 Å². The molecule has 0 atom stereocenters. The first-order chi connectivity index (χ1) is 14.2. The van der Waals surface area contributed by atoms with Gasteiger partial charge in [0.15, 0.2) is 0 Å². The minimum atomic E-state index is -1.27. The second-order valence-electron chi connectivity index (χ2n) is 7.82. The summed E-state index contributed by atoms with van der Waals surface area (Å²) in [5.41, 5.74) is 2.49. The standard InChI is InChI=1S/C24H26O6/c1-15(2)17-7-9-19(10-8-17)28-14-18-12-16(6-11-21(18)27-5)13-20-22(25)29-24(3,4)30-23(20)26/h6-13,15H,14H2,1-5H3. The lowest BCUT2D eigenvalue weighted by Crippen LogP contribution is -2.41. The molecule has 0 aromatic heterocycles. The summed E-state index contributed by atoms with van der Waals surface area (Å²) in [6, 6.07) is 13.3. The van der Waals surface area contributed by atoms with Gasteiger partial charge in [-0.05, 0) is 47.4 Å². The summed E-state index contributed by atoms with van der Waals surface area (Å²) in [4.78, 5) is 24.4. The van der Waals surface area contributed by atoms with E-state index in [2.05, 4.69) is 13.8 Å². The lowest BCUT2D eigenvalue weighted by atomic mass is 10.0. The van der Waals surface area contributed by atoms with Crippen LogP contribution in [0.2, 0.25) is 0 Å². The molecule has 158 valence electrons. The monoisotopic (exact) mass is 410 g/mol. The Hall–Kier alpha value is -3.28. The molecule has 1 fully saturated rings. The Balaban J connectivity index is 1.80. The van der Waals surface area contributed by atoms with Crippen LogP contribution < -0.4 is 9.47 Å². The van der Waals surface area contributed by atoms with Gasteiger partial charge < -0.3 is 18.9 Å². The Morgan fingerprint density at radius 1 is 1.00 bits per heavy atom. The number of ether oxygens (including phenoxy) is 4. The van der Waals surface area contributed by atoms with Crippen LogP contribution in [0.3, 0.4) is 0 Å². The molecule has 30 heavy (non-hydrogen) atoms. The van der Waals surface area contributed by atoms with E-state index >= 15 is 0 Å². The minimum absolute atomic E-state index is 0.157. The lowest BCUT2D eigenvalue weighted by Gasteiger charge is -2.29. The summed E-state index contributed by atoms with van der Waals surface area (Å²) in [5, 5.41) is 0. The summed E-state index contributed by atoms with van der Waals surface area (Å²) < 4.78 is 21.6. The molecular weight excluding hydrogens is 384 g/mol. The number of esters is 2. The fourth-order valence-corrected chi connectivity index (χ4v) is 3.06. The van der Waals surface area contributed by atoms with Crippen molar-refractivity contribution in [1.29, 1.82) is 0 Å². The largest absolute Gasteiger partial charge is 0.496 e. The smallest absolute Gasteiger partial charge is 0.348 e. The number of methoxy groups -OCH3 is 1. The maximum atomic E-state index is 12.2. The molecule has 1 heterocycles. The zero-order valence-electron chi connectivity index (χ0n) is 17.9. The second-order valence-corrected chi connectivity index (χ2v) is 7.82. The topological polar surface area (TPSA) is 71.1 Å². The van der Waals surface area contributed by atoms with Gasteiger partial charge in [-0.1, -0.05) is 32.0 Å². The molecule has 1 aliphatic heterocycles. The molecule has 6 nitrogen and oxygen atoms in total. The summed E-state index contributed by atoms with van der Waals surface area (Å²) in [6.07, 6.45) is 1.44. The van der Waals surface area contributed by atoms with Gasteiger partial charge in [-0.2, -0.15) is 0 Å². The predicted molar refractivity (Wildman–Crippen MR) is 112 cm³/mol. The summed E-state index contributed by atoms with van der Waals surface area (Å²) in [6.45, 7) is 7.56. The third kappa shape index (κ3) is 5.00. The van der Waals surface area contributed by atoms with Crippen molar-refractivity contribution in [2.24, 2.45) is 0 Å². The zero-order valence-corrected chi connectivity index (χ0v) is 17.9. The van der Waals surface area contributed by atoms with Crippen molar-refractivity contribution in [3.8, 4) is 11.5 Å². The molecule has 0 saturated carbocycles. The van der Waals surface area contributed by atoms with Gasteiger partial charge in [0.2, 0.25) is 0 Å². The van der Waals surface area contributed by atoms with E-state index in [9.17, 15) is 9.59 Å². The molecule has 0 unspecified atom stereocenters. The van der Waals surface area contributed by atoms with Gasteiger partial charge >= 0.3 is 11.9 Å². The Kier molecular flexibility index (Phi) is 6.15. The first-order valence-electron chi connectivity index (χ1n) is 9.76. The number of cyclic esters (lactones) is 2. The number of rotatable bonds is 6. The fourth-order valence-electron chi connectivity index (χ4n) is 3.06. The zero-order chi connectivity index (χ0) is 21.9. The van der Waals surface area contributed by atoms with E-state index in [0.29, 0.717) is 17.2 Å². The quantitative estimate of drug-likeness (QED) is 0.393. The Bertz CT molecular complexity index is 948. The van der Waals surface area contributed by atoms with Crippen LogP contribution in [0.25, 0.3) is 6.08 Å². The highest BCUT2D eigenvalue weighted by Crippen LogP contribution is 2.27. The van der Waals surface area contributed by atoms with Crippen LogP contribution in [-0.4, -0.2) is 24.8 Å². The maximum Gasteiger partial charge on any atom is 0.348 e. The van der Waals surface area contributed by atoms with Gasteiger partial charge in [-0.3, -0.25) is 0 Å². The molecule has 3 rings (SSSR count). The van der Waals surface area contributed by atoms with Gasteiger partial charge in [-0.25, -0.2) is 9.59 Å². The molecule has 0 N–H and O–H groups in total. The molecule has 2 aromatic rings. The van der Waals surface area contributed by atoms with Crippen LogP contribution in [0.5, 0.6) is 11.5 Å². The predicted octanol–water partition coefficient (Wildman–Crippen LogP) is 4.62. The molecule has 1 saturated heterocycles. The number of carbonyl (C=O) groups is 2. The van der Waals surface area contributed by atoms with Crippen molar-refractivity contribution in [3.05, 3.63) is 64.7 Å². The first kappa shape index (κ1) is 21.4. The number of hydrogen-bond acceptors (Lipinski definition) is 6. The third-order valence-corrected chi connectivity index (χ3v) is 4.67. The SMILES string of the molecule is COc1ccc(C=C2C(=O)OC(C)(C)OC2=O)cc1COc1ccc(C(C)C)cc1. The van der Waals surface area contributed by atoms with E-state index in [1.54, 1.807) is 25.3 Å². The third-order valence-electron chi connectivity index (χ3n) is 4.67. The van der Waals surface area contributed by atoms with Crippen molar-refractivity contribution in [1.82, 2.24) is 0 Å². The van der Waals surface area contributed by atoms with Crippen LogP contribution in [0.15, 0.2) is 48.0 Å². The lowest BCUT2D eigenvalue weighted by molar-refractivity contribution is -0.222. The van der Waals surface area contributed by atoms with E-state index in [4.69, 9.17) is 18.9 Å². The van der Waals surface area contributed by atoms with Crippen molar-refractivity contribution < 1.29 is 28.5 Å². The Morgan fingerprint density at radius 3 is 2.20 bits per heavy atom. The fraction of sp³-hybridized carbons (Fsp3) is 0.333. The second kappa shape index (κ2) is 8.61. The summed E-state index contributed by atoms with van der Waals surface area (Å²) >= 11 is 0. The van der Waals surface area contributed by atoms with E-state index < -0.39 is 17.7 Å². The highest BCUT2D eigenvalue weighted by Gasteiger charge is 2.38.